The predicted octanol–water partition coefficient (Wildman–Crippen LogP) is 2.68. The smallest absolute Gasteiger partial charge is 0.315 e. The molecular weight excluding hydrogens is 318 g/mol. The molecule has 1 aromatic carbocycles. The lowest BCUT2D eigenvalue weighted by Gasteiger charge is -2.24. The van der Waals surface area contributed by atoms with Crippen molar-refractivity contribution in [2.75, 3.05) is 20.2 Å². The molecule has 1 aliphatic carbocycles. The zero-order chi connectivity index (χ0) is 18.1. The van der Waals surface area contributed by atoms with E-state index in [1.54, 1.807) is 12.0 Å². The van der Waals surface area contributed by atoms with Crippen LogP contribution in [0.1, 0.15) is 44.6 Å². The summed E-state index contributed by atoms with van der Waals surface area (Å²) >= 11 is 0. The van der Waals surface area contributed by atoms with E-state index in [1.165, 1.54) is 26.2 Å². The van der Waals surface area contributed by atoms with Crippen LogP contribution in [0.4, 0.5) is 4.79 Å². The van der Waals surface area contributed by atoms with Crippen LogP contribution in [0.15, 0.2) is 24.3 Å². The highest BCUT2D eigenvalue weighted by Crippen LogP contribution is 2.19. The minimum absolute atomic E-state index is 0.0274. The Morgan fingerprint density at radius 3 is 2.60 bits per heavy atom. The van der Waals surface area contributed by atoms with Crippen molar-refractivity contribution in [3.63, 3.8) is 0 Å². The van der Waals surface area contributed by atoms with E-state index in [0.29, 0.717) is 19.6 Å². The molecule has 0 bridgehead atoms. The van der Waals surface area contributed by atoms with E-state index < -0.39 is 0 Å². The van der Waals surface area contributed by atoms with Gasteiger partial charge in [0.05, 0.1) is 7.11 Å². The van der Waals surface area contributed by atoms with E-state index in [4.69, 9.17) is 4.74 Å². The summed E-state index contributed by atoms with van der Waals surface area (Å²) in [6.45, 7) is 2.89. The Bertz CT molecular complexity index is 571. The largest absolute Gasteiger partial charge is 0.496 e. The first kappa shape index (κ1) is 19.1. The van der Waals surface area contributed by atoms with Crippen LogP contribution in [0.3, 0.4) is 0 Å². The molecule has 0 heterocycles. The van der Waals surface area contributed by atoms with Crippen LogP contribution < -0.4 is 15.4 Å². The molecule has 2 rings (SSSR count). The first-order valence-electron chi connectivity index (χ1n) is 9.02. The van der Waals surface area contributed by atoms with Gasteiger partial charge in [0.2, 0.25) is 5.91 Å². The van der Waals surface area contributed by atoms with Gasteiger partial charge in [0.15, 0.2) is 0 Å². The third-order valence-electron chi connectivity index (χ3n) is 4.61. The van der Waals surface area contributed by atoms with Gasteiger partial charge in [0, 0.05) is 38.2 Å². The molecule has 25 heavy (non-hydrogen) atoms. The minimum atomic E-state index is -0.146. The molecule has 0 aliphatic heterocycles. The normalized spacial score (nSPS) is 14.6. The number of carbonyl (C=O) groups excluding carboxylic acids is 2. The van der Waals surface area contributed by atoms with Crippen molar-refractivity contribution in [1.82, 2.24) is 15.5 Å². The first-order chi connectivity index (χ1) is 12.1. The van der Waals surface area contributed by atoms with Gasteiger partial charge in [-0.05, 0) is 18.9 Å². The van der Waals surface area contributed by atoms with Crippen LogP contribution >= 0.6 is 0 Å². The summed E-state index contributed by atoms with van der Waals surface area (Å²) < 4.78 is 5.34. The van der Waals surface area contributed by atoms with Crippen molar-refractivity contribution in [3.8, 4) is 5.75 Å². The summed E-state index contributed by atoms with van der Waals surface area (Å²) in [5.41, 5.74) is 0.951. The lowest BCUT2D eigenvalue weighted by molar-refractivity contribution is -0.129. The van der Waals surface area contributed by atoms with E-state index in [2.05, 4.69) is 10.6 Å². The Labute approximate surface area is 149 Å². The highest BCUT2D eigenvalue weighted by Gasteiger charge is 2.16. The van der Waals surface area contributed by atoms with Gasteiger partial charge in [-0.2, -0.15) is 0 Å². The fourth-order valence-corrected chi connectivity index (χ4v) is 3.17. The number of hydrogen-bond donors (Lipinski definition) is 2. The van der Waals surface area contributed by atoms with Crippen LogP contribution in [0.2, 0.25) is 0 Å². The van der Waals surface area contributed by atoms with Crippen molar-refractivity contribution in [3.05, 3.63) is 29.8 Å². The maximum absolute atomic E-state index is 12.0. The summed E-state index contributed by atoms with van der Waals surface area (Å²) in [5.74, 6) is 0.733. The standard InChI is InChI=1S/C19H29N3O3/c1-15(23)22(14-16-8-6-7-11-18(16)25-2)13-12-20-19(24)21-17-9-4-3-5-10-17/h6-8,11,17H,3-5,9-10,12-14H2,1-2H3,(H2,20,21,24). The number of nitrogens with zero attached hydrogens (tertiary/aromatic N) is 1. The average molecular weight is 347 g/mol. The summed E-state index contributed by atoms with van der Waals surface area (Å²) in [6.07, 6.45) is 5.74. The quantitative estimate of drug-likeness (QED) is 0.797. The molecule has 138 valence electrons. The Balaban J connectivity index is 1.79. The van der Waals surface area contributed by atoms with Crippen molar-refractivity contribution in [1.29, 1.82) is 0 Å². The fourth-order valence-electron chi connectivity index (χ4n) is 3.17. The second kappa shape index (κ2) is 9.91. The van der Waals surface area contributed by atoms with Crippen LogP contribution in [0.25, 0.3) is 0 Å². The molecule has 2 N–H and O–H groups in total. The van der Waals surface area contributed by atoms with Crippen LogP contribution in [0, 0.1) is 0 Å². The number of nitrogens with one attached hydrogen (secondary N) is 2. The monoisotopic (exact) mass is 347 g/mol. The number of hydrogen-bond acceptors (Lipinski definition) is 3. The summed E-state index contributed by atoms with van der Waals surface area (Å²) in [5, 5.41) is 5.87. The summed E-state index contributed by atoms with van der Waals surface area (Å²) in [7, 11) is 1.62. The fraction of sp³-hybridized carbons (Fsp3) is 0.579. The molecule has 0 atom stereocenters. The van der Waals surface area contributed by atoms with E-state index in [1.807, 2.05) is 24.3 Å². The lowest BCUT2D eigenvalue weighted by Crippen LogP contribution is -2.45. The number of rotatable bonds is 7. The van der Waals surface area contributed by atoms with Gasteiger partial charge in [-0.3, -0.25) is 4.79 Å². The van der Waals surface area contributed by atoms with Crippen LogP contribution in [-0.2, 0) is 11.3 Å². The highest BCUT2D eigenvalue weighted by atomic mass is 16.5. The average Bonchev–Trinajstić information content (AvgIpc) is 2.62. The SMILES string of the molecule is COc1ccccc1CN(CCNC(=O)NC1CCCCC1)C(C)=O. The summed E-state index contributed by atoms with van der Waals surface area (Å²) in [4.78, 5) is 25.6. The second-order valence-corrected chi connectivity index (χ2v) is 6.49. The third kappa shape index (κ3) is 6.29. The lowest BCUT2D eigenvalue weighted by atomic mass is 9.96. The molecule has 1 fully saturated rings. The van der Waals surface area contributed by atoms with Crippen LogP contribution in [-0.4, -0.2) is 43.1 Å². The molecule has 1 aliphatic rings. The molecule has 0 spiro atoms. The molecule has 6 heteroatoms. The van der Waals surface area contributed by atoms with Gasteiger partial charge in [-0.25, -0.2) is 4.79 Å². The number of urea groups is 1. The zero-order valence-electron chi connectivity index (χ0n) is 15.2. The number of methoxy groups -OCH3 is 1. The van der Waals surface area contributed by atoms with Gasteiger partial charge < -0.3 is 20.3 Å². The van der Waals surface area contributed by atoms with Crippen molar-refractivity contribution in [2.45, 2.75) is 51.6 Å². The Morgan fingerprint density at radius 2 is 1.92 bits per heavy atom. The van der Waals surface area contributed by atoms with Crippen molar-refractivity contribution < 1.29 is 14.3 Å². The van der Waals surface area contributed by atoms with E-state index in [-0.39, 0.29) is 18.0 Å². The van der Waals surface area contributed by atoms with Gasteiger partial charge in [0.1, 0.15) is 5.75 Å². The molecule has 1 saturated carbocycles. The van der Waals surface area contributed by atoms with E-state index in [0.717, 1.165) is 24.2 Å². The van der Waals surface area contributed by atoms with Gasteiger partial charge in [-0.15, -0.1) is 0 Å². The van der Waals surface area contributed by atoms with Gasteiger partial charge >= 0.3 is 6.03 Å². The number of carbonyl (C=O) groups is 2. The Morgan fingerprint density at radius 1 is 1.20 bits per heavy atom. The molecule has 0 saturated heterocycles. The van der Waals surface area contributed by atoms with E-state index in [9.17, 15) is 9.59 Å². The van der Waals surface area contributed by atoms with Gasteiger partial charge in [0.25, 0.3) is 0 Å². The number of benzene rings is 1. The highest BCUT2D eigenvalue weighted by molar-refractivity contribution is 5.75. The molecule has 0 unspecified atom stereocenters. The molecule has 3 amide bonds. The van der Waals surface area contributed by atoms with E-state index >= 15 is 0 Å². The Kier molecular flexibility index (Phi) is 7.57. The first-order valence-corrected chi connectivity index (χ1v) is 9.02. The maximum atomic E-state index is 12.0. The minimum Gasteiger partial charge on any atom is -0.496 e. The third-order valence-corrected chi connectivity index (χ3v) is 4.61. The topological polar surface area (TPSA) is 70.7 Å². The second-order valence-electron chi connectivity index (χ2n) is 6.49. The Hall–Kier alpha value is -2.24. The van der Waals surface area contributed by atoms with Crippen molar-refractivity contribution in [2.24, 2.45) is 0 Å². The molecule has 6 nitrogen and oxygen atoms in total. The number of ether oxygens (including phenoxy) is 1. The van der Waals surface area contributed by atoms with Gasteiger partial charge in [-0.1, -0.05) is 37.5 Å². The molecule has 0 radical (unpaired) electrons. The predicted molar refractivity (Wildman–Crippen MR) is 97.5 cm³/mol. The number of para-hydroxylation sites is 1. The molecule has 0 aromatic heterocycles. The van der Waals surface area contributed by atoms with Crippen molar-refractivity contribution >= 4 is 11.9 Å². The molecular formula is C19H29N3O3. The maximum Gasteiger partial charge on any atom is 0.315 e. The van der Waals surface area contributed by atoms with Crippen LogP contribution in [0.5, 0.6) is 5.75 Å². The number of amides is 3. The molecule has 1 aromatic rings. The zero-order valence-corrected chi connectivity index (χ0v) is 15.2. The summed E-state index contributed by atoms with van der Waals surface area (Å²) in [6, 6.07) is 7.78.